The third-order valence-corrected chi connectivity index (χ3v) is 13.0. The predicted octanol–water partition coefficient (Wildman–Crippen LogP) is 3.75. The van der Waals surface area contributed by atoms with Crippen LogP contribution in [0.4, 0.5) is 17.1 Å². The summed E-state index contributed by atoms with van der Waals surface area (Å²) in [4.78, 5) is 8.88. The SMILES string of the molecule is CCN(CCN(C)C)c1cc(N2CCN(c3ccccc3)CC2)c(S(=O)(=O)N2CCCCC2)cc1S(=O)(=O)N1CCCCC1. The molecule has 0 atom stereocenters. The molecule has 0 amide bonds. The number of sulfonamides is 2. The Morgan fingerprint density at radius 2 is 1.16 bits per heavy atom. The monoisotopic (exact) mass is 646 g/mol. The Morgan fingerprint density at radius 1 is 0.636 bits per heavy atom. The molecule has 3 heterocycles. The highest BCUT2D eigenvalue weighted by Crippen LogP contribution is 2.40. The molecule has 3 aliphatic heterocycles. The molecule has 44 heavy (non-hydrogen) atoms. The maximum atomic E-state index is 14.4. The fourth-order valence-electron chi connectivity index (χ4n) is 6.55. The molecule has 3 saturated heterocycles. The van der Waals surface area contributed by atoms with Gasteiger partial charge >= 0.3 is 0 Å². The van der Waals surface area contributed by atoms with Crippen molar-refractivity contribution in [3.05, 3.63) is 42.5 Å². The topological polar surface area (TPSA) is 87.7 Å². The van der Waals surface area contributed by atoms with Crippen molar-refractivity contribution >= 4 is 37.1 Å². The number of nitrogens with zero attached hydrogens (tertiary/aromatic N) is 6. The highest BCUT2D eigenvalue weighted by molar-refractivity contribution is 7.90. The Labute approximate surface area is 265 Å². The lowest BCUT2D eigenvalue weighted by atomic mass is 10.2. The van der Waals surface area contributed by atoms with Crippen LogP contribution in [0.2, 0.25) is 0 Å². The molecule has 3 aliphatic rings. The van der Waals surface area contributed by atoms with Gasteiger partial charge in [0.15, 0.2) is 0 Å². The fraction of sp³-hybridized carbons (Fsp3) is 0.625. The van der Waals surface area contributed by atoms with Crippen LogP contribution in [0, 0.1) is 0 Å². The average molecular weight is 647 g/mol. The van der Waals surface area contributed by atoms with Crippen molar-refractivity contribution in [3.8, 4) is 0 Å². The zero-order valence-electron chi connectivity index (χ0n) is 26.7. The van der Waals surface area contributed by atoms with Crippen LogP contribution in [-0.2, 0) is 20.0 Å². The van der Waals surface area contributed by atoms with E-state index in [-0.39, 0.29) is 9.79 Å². The van der Waals surface area contributed by atoms with E-state index in [0.29, 0.717) is 63.7 Å². The number of anilines is 3. The zero-order chi connectivity index (χ0) is 31.3. The summed E-state index contributed by atoms with van der Waals surface area (Å²) in [6, 6.07) is 13.7. The van der Waals surface area contributed by atoms with Crippen LogP contribution in [0.25, 0.3) is 0 Å². The standard InChI is InChI=1S/C32H50N6O4S2/c1-4-34(21-20-33(2)3)29-26-30(36-24-22-35(23-25-36)28-14-8-5-9-15-28)32(44(41,42)38-18-12-7-13-19-38)27-31(29)43(39,40)37-16-10-6-11-17-37/h5,8-9,14-15,26-27H,4,6-7,10-13,16-25H2,1-3H3. The molecule has 2 aromatic rings. The van der Waals surface area contributed by atoms with Gasteiger partial charge in [-0.05, 0) is 71.0 Å². The number of hydrogen-bond donors (Lipinski definition) is 0. The van der Waals surface area contributed by atoms with E-state index in [0.717, 1.165) is 63.8 Å². The molecule has 0 radical (unpaired) electrons. The smallest absolute Gasteiger partial charge is 0.245 e. The highest BCUT2D eigenvalue weighted by Gasteiger charge is 2.37. The summed E-state index contributed by atoms with van der Waals surface area (Å²) in [7, 11) is -3.84. The van der Waals surface area contributed by atoms with Gasteiger partial charge in [0.2, 0.25) is 20.0 Å². The summed E-state index contributed by atoms with van der Waals surface area (Å²) in [6.07, 6.45) is 5.27. The highest BCUT2D eigenvalue weighted by atomic mass is 32.2. The number of hydrogen-bond acceptors (Lipinski definition) is 8. The van der Waals surface area contributed by atoms with Crippen LogP contribution in [0.15, 0.2) is 52.3 Å². The van der Waals surface area contributed by atoms with Gasteiger partial charge in [-0.2, -0.15) is 8.61 Å². The lowest BCUT2D eigenvalue weighted by Crippen LogP contribution is -2.47. The van der Waals surface area contributed by atoms with E-state index in [4.69, 9.17) is 0 Å². The number of piperidine rings is 2. The second-order valence-electron chi connectivity index (χ2n) is 12.4. The first-order valence-corrected chi connectivity index (χ1v) is 19.1. The van der Waals surface area contributed by atoms with Crippen LogP contribution in [0.1, 0.15) is 45.4 Å². The summed E-state index contributed by atoms with van der Waals surface area (Å²) in [5.74, 6) is 0. The van der Waals surface area contributed by atoms with Crippen molar-refractivity contribution in [2.45, 2.75) is 55.2 Å². The van der Waals surface area contributed by atoms with Crippen molar-refractivity contribution < 1.29 is 16.8 Å². The molecule has 0 unspecified atom stereocenters. The minimum Gasteiger partial charge on any atom is -0.369 e. The lowest BCUT2D eigenvalue weighted by Gasteiger charge is -2.39. The molecule has 5 rings (SSSR count). The van der Waals surface area contributed by atoms with Gasteiger partial charge in [-0.15, -0.1) is 0 Å². The maximum absolute atomic E-state index is 14.4. The van der Waals surface area contributed by atoms with Crippen molar-refractivity contribution in [1.29, 1.82) is 0 Å². The van der Waals surface area contributed by atoms with Gasteiger partial charge in [0, 0.05) is 77.7 Å². The fourth-order valence-corrected chi connectivity index (χ4v) is 10.1. The van der Waals surface area contributed by atoms with Gasteiger partial charge in [-0.3, -0.25) is 0 Å². The van der Waals surface area contributed by atoms with Crippen LogP contribution in [0.3, 0.4) is 0 Å². The average Bonchev–Trinajstić information content (AvgIpc) is 3.06. The van der Waals surface area contributed by atoms with Crippen molar-refractivity contribution in [3.63, 3.8) is 0 Å². The first-order chi connectivity index (χ1) is 21.1. The number of rotatable bonds is 11. The summed E-state index contributed by atoms with van der Waals surface area (Å²) in [5, 5.41) is 0. The van der Waals surface area contributed by atoms with E-state index in [1.54, 1.807) is 8.61 Å². The summed E-state index contributed by atoms with van der Waals surface area (Å²) < 4.78 is 60.7. The minimum atomic E-state index is -3.93. The van der Waals surface area contributed by atoms with Gasteiger partial charge in [-0.1, -0.05) is 31.0 Å². The number of benzene rings is 2. The lowest BCUT2D eigenvalue weighted by molar-refractivity contribution is 0.345. The first kappa shape index (κ1) is 33.0. The molecule has 0 aliphatic carbocycles. The number of piperazine rings is 1. The van der Waals surface area contributed by atoms with E-state index >= 15 is 0 Å². The molecule has 0 N–H and O–H groups in total. The summed E-state index contributed by atoms with van der Waals surface area (Å²) in [6.45, 7) is 8.63. The quantitative estimate of drug-likeness (QED) is 0.365. The summed E-state index contributed by atoms with van der Waals surface area (Å²) in [5.41, 5.74) is 2.36. The van der Waals surface area contributed by atoms with Crippen LogP contribution >= 0.6 is 0 Å². The first-order valence-electron chi connectivity index (χ1n) is 16.3. The number of likely N-dealkylation sites (N-methyl/N-ethyl adjacent to an activating group) is 2. The normalized spacial score (nSPS) is 19.5. The minimum absolute atomic E-state index is 0.113. The molecular formula is C32H50N6O4S2. The van der Waals surface area contributed by atoms with Crippen molar-refractivity contribution in [1.82, 2.24) is 13.5 Å². The van der Waals surface area contributed by atoms with E-state index in [1.165, 1.54) is 6.07 Å². The zero-order valence-corrected chi connectivity index (χ0v) is 28.3. The van der Waals surface area contributed by atoms with E-state index in [1.807, 2.05) is 45.3 Å². The van der Waals surface area contributed by atoms with Crippen LogP contribution in [0.5, 0.6) is 0 Å². The Morgan fingerprint density at radius 3 is 1.68 bits per heavy atom. The Hall–Kier alpha value is -2.38. The van der Waals surface area contributed by atoms with Crippen LogP contribution < -0.4 is 14.7 Å². The van der Waals surface area contributed by atoms with Gasteiger partial charge in [-0.25, -0.2) is 16.8 Å². The number of para-hydroxylation sites is 1. The molecule has 0 aromatic heterocycles. The molecule has 12 heteroatoms. The van der Waals surface area contributed by atoms with Gasteiger partial charge < -0.3 is 19.6 Å². The van der Waals surface area contributed by atoms with Crippen molar-refractivity contribution in [2.75, 3.05) is 101 Å². The third-order valence-electron chi connectivity index (χ3n) is 9.19. The Bertz CT molecular complexity index is 1450. The molecular weight excluding hydrogens is 597 g/mol. The van der Waals surface area contributed by atoms with E-state index in [2.05, 4.69) is 31.7 Å². The molecule has 0 spiro atoms. The third kappa shape index (κ3) is 7.20. The molecule has 0 bridgehead atoms. The maximum Gasteiger partial charge on any atom is 0.245 e. The second-order valence-corrected chi connectivity index (χ2v) is 16.2. The van der Waals surface area contributed by atoms with Gasteiger partial charge in [0.1, 0.15) is 9.79 Å². The van der Waals surface area contributed by atoms with E-state index < -0.39 is 20.0 Å². The summed E-state index contributed by atoms with van der Waals surface area (Å²) >= 11 is 0. The predicted molar refractivity (Wildman–Crippen MR) is 179 cm³/mol. The second kappa shape index (κ2) is 14.4. The molecule has 2 aromatic carbocycles. The van der Waals surface area contributed by atoms with E-state index in [9.17, 15) is 16.8 Å². The molecule has 10 nitrogen and oxygen atoms in total. The van der Waals surface area contributed by atoms with Gasteiger partial charge in [0.25, 0.3) is 0 Å². The Balaban J connectivity index is 1.63. The molecule has 0 saturated carbocycles. The molecule has 3 fully saturated rings. The van der Waals surface area contributed by atoms with Gasteiger partial charge in [0.05, 0.1) is 11.4 Å². The Kier molecular flexibility index (Phi) is 10.8. The van der Waals surface area contributed by atoms with Crippen molar-refractivity contribution in [2.24, 2.45) is 0 Å². The molecule has 244 valence electrons. The van der Waals surface area contributed by atoms with Crippen LogP contribution in [-0.4, -0.2) is 116 Å². The largest absolute Gasteiger partial charge is 0.369 e.